The highest BCUT2D eigenvalue weighted by Crippen LogP contribution is 2.38. The second kappa shape index (κ2) is 9.56. The summed E-state index contributed by atoms with van der Waals surface area (Å²) in [6.07, 6.45) is 7.98. The minimum atomic E-state index is 0. The Balaban J connectivity index is 0.00000324. The average molecular weight is 293 g/mol. The fraction of sp³-hybridized carbons (Fsp3) is 0.929. The number of hydrogen-bond donors (Lipinski definition) is 3. The number of rotatable bonds is 7. The van der Waals surface area contributed by atoms with Gasteiger partial charge in [-0.05, 0) is 44.6 Å². The lowest BCUT2D eigenvalue weighted by molar-refractivity contribution is -0.124. The van der Waals surface area contributed by atoms with E-state index in [1.807, 2.05) is 6.92 Å². The van der Waals surface area contributed by atoms with Crippen LogP contribution in [0.5, 0.6) is 0 Å². The van der Waals surface area contributed by atoms with Gasteiger partial charge < -0.3 is 16.2 Å². The van der Waals surface area contributed by atoms with Gasteiger partial charge in [0.2, 0.25) is 5.91 Å². The molecule has 1 unspecified atom stereocenters. The normalized spacial score (nSPS) is 19.3. The SMILES string of the molecule is CC(CCCO)NC(=O)CC1(CN)CCCCC1.Cl. The van der Waals surface area contributed by atoms with E-state index in [2.05, 4.69) is 5.32 Å². The highest BCUT2D eigenvalue weighted by molar-refractivity contribution is 5.85. The number of halogens is 1. The first-order chi connectivity index (χ1) is 8.62. The molecule has 0 saturated heterocycles. The van der Waals surface area contributed by atoms with E-state index in [1.165, 1.54) is 19.3 Å². The predicted octanol–water partition coefficient (Wildman–Crippen LogP) is 1.98. The molecule has 1 atom stereocenters. The van der Waals surface area contributed by atoms with Crippen molar-refractivity contribution in [3.05, 3.63) is 0 Å². The molecule has 4 N–H and O–H groups in total. The maximum Gasteiger partial charge on any atom is 0.220 e. The molecule has 0 bridgehead atoms. The summed E-state index contributed by atoms with van der Waals surface area (Å²) in [5.74, 6) is 0.118. The molecule has 0 aromatic carbocycles. The van der Waals surface area contributed by atoms with Gasteiger partial charge in [-0.15, -0.1) is 12.4 Å². The molecule has 1 aliphatic rings. The van der Waals surface area contributed by atoms with Crippen LogP contribution in [0.1, 0.15) is 58.3 Å². The van der Waals surface area contributed by atoms with Crippen LogP contribution in [0.2, 0.25) is 0 Å². The minimum Gasteiger partial charge on any atom is -0.396 e. The van der Waals surface area contributed by atoms with Crippen molar-refractivity contribution in [2.45, 2.75) is 64.3 Å². The average Bonchev–Trinajstić information content (AvgIpc) is 2.37. The molecule has 0 aliphatic heterocycles. The Kier molecular flexibility index (Phi) is 9.40. The number of aliphatic hydroxyl groups is 1. The monoisotopic (exact) mass is 292 g/mol. The summed E-state index contributed by atoms with van der Waals surface area (Å²) in [4.78, 5) is 12.0. The molecule has 19 heavy (non-hydrogen) atoms. The van der Waals surface area contributed by atoms with Gasteiger partial charge in [0.1, 0.15) is 0 Å². The molecule has 1 amide bonds. The van der Waals surface area contributed by atoms with Crippen molar-refractivity contribution in [2.24, 2.45) is 11.1 Å². The fourth-order valence-corrected chi connectivity index (χ4v) is 2.89. The fourth-order valence-electron chi connectivity index (χ4n) is 2.89. The molecule has 0 heterocycles. The zero-order valence-corrected chi connectivity index (χ0v) is 12.8. The zero-order valence-electron chi connectivity index (χ0n) is 12.0. The molecular formula is C14H29ClN2O2. The molecule has 5 heteroatoms. The van der Waals surface area contributed by atoms with Crippen molar-refractivity contribution in [1.29, 1.82) is 0 Å². The highest BCUT2D eigenvalue weighted by Gasteiger charge is 2.33. The third-order valence-electron chi connectivity index (χ3n) is 4.09. The molecule has 1 saturated carbocycles. The molecule has 114 valence electrons. The van der Waals surface area contributed by atoms with Crippen molar-refractivity contribution in [3.8, 4) is 0 Å². The molecule has 0 spiro atoms. The summed E-state index contributed by atoms with van der Waals surface area (Å²) in [5.41, 5.74) is 5.93. The first-order valence-corrected chi connectivity index (χ1v) is 7.22. The quantitative estimate of drug-likeness (QED) is 0.672. The van der Waals surface area contributed by atoms with Crippen LogP contribution in [-0.4, -0.2) is 30.2 Å². The first kappa shape index (κ1) is 18.7. The second-order valence-corrected chi connectivity index (χ2v) is 5.78. The Labute approximate surface area is 122 Å². The van der Waals surface area contributed by atoms with E-state index in [1.54, 1.807) is 0 Å². The van der Waals surface area contributed by atoms with E-state index in [0.717, 1.165) is 25.7 Å². The number of aliphatic hydroxyl groups excluding tert-OH is 1. The Morgan fingerprint density at radius 2 is 2.00 bits per heavy atom. The van der Waals surface area contributed by atoms with E-state index in [9.17, 15) is 4.79 Å². The maximum atomic E-state index is 12.0. The first-order valence-electron chi connectivity index (χ1n) is 7.22. The Morgan fingerprint density at radius 3 is 2.53 bits per heavy atom. The number of nitrogens with two attached hydrogens (primary N) is 1. The Bertz CT molecular complexity index is 256. The van der Waals surface area contributed by atoms with Crippen molar-refractivity contribution < 1.29 is 9.90 Å². The lowest BCUT2D eigenvalue weighted by Gasteiger charge is -2.36. The Morgan fingerprint density at radius 1 is 1.37 bits per heavy atom. The second-order valence-electron chi connectivity index (χ2n) is 5.78. The van der Waals surface area contributed by atoms with Gasteiger partial charge in [0.15, 0.2) is 0 Å². The van der Waals surface area contributed by atoms with E-state index in [4.69, 9.17) is 10.8 Å². The van der Waals surface area contributed by atoms with Crippen molar-refractivity contribution in [1.82, 2.24) is 5.32 Å². The van der Waals surface area contributed by atoms with E-state index >= 15 is 0 Å². The smallest absolute Gasteiger partial charge is 0.220 e. The topological polar surface area (TPSA) is 75.3 Å². The number of carbonyl (C=O) groups is 1. The van der Waals surface area contributed by atoms with Gasteiger partial charge in [-0.1, -0.05) is 19.3 Å². The molecule has 1 aliphatic carbocycles. The van der Waals surface area contributed by atoms with Gasteiger partial charge in [0.05, 0.1) is 0 Å². The van der Waals surface area contributed by atoms with Gasteiger partial charge in [-0.3, -0.25) is 4.79 Å². The summed E-state index contributed by atoms with van der Waals surface area (Å²) in [6, 6.07) is 0.142. The lowest BCUT2D eigenvalue weighted by Crippen LogP contribution is -2.41. The number of carbonyl (C=O) groups excluding carboxylic acids is 1. The molecule has 0 aromatic heterocycles. The van der Waals surface area contributed by atoms with Gasteiger partial charge in [0, 0.05) is 19.1 Å². The molecule has 0 aromatic rings. The molecular weight excluding hydrogens is 264 g/mol. The van der Waals surface area contributed by atoms with Gasteiger partial charge >= 0.3 is 0 Å². The van der Waals surface area contributed by atoms with Crippen molar-refractivity contribution >= 4 is 18.3 Å². The van der Waals surface area contributed by atoms with Crippen LogP contribution in [0.25, 0.3) is 0 Å². The van der Waals surface area contributed by atoms with Gasteiger partial charge in [-0.2, -0.15) is 0 Å². The number of amides is 1. The summed E-state index contributed by atoms with van der Waals surface area (Å²) < 4.78 is 0. The van der Waals surface area contributed by atoms with Gasteiger partial charge in [0.25, 0.3) is 0 Å². The molecule has 1 rings (SSSR count). The maximum absolute atomic E-state index is 12.0. The van der Waals surface area contributed by atoms with E-state index < -0.39 is 0 Å². The third kappa shape index (κ3) is 6.59. The minimum absolute atomic E-state index is 0. The van der Waals surface area contributed by atoms with Gasteiger partial charge in [-0.25, -0.2) is 0 Å². The third-order valence-corrected chi connectivity index (χ3v) is 4.09. The molecule has 1 fully saturated rings. The number of nitrogens with one attached hydrogen (secondary N) is 1. The van der Waals surface area contributed by atoms with Crippen LogP contribution in [0.3, 0.4) is 0 Å². The number of hydrogen-bond acceptors (Lipinski definition) is 3. The highest BCUT2D eigenvalue weighted by atomic mass is 35.5. The molecule has 4 nitrogen and oxygen atoms in total. The van der Waals surface area contributed by atoms with Crippen LogP contribution >= 0.6 is 12.4 Å². The predicted molar refractivity (Wildman–Crippen MR) is 80.4 cm³/mol. The zero-order chi connectivity index (χ0) is 13.4. The van der Waals surface area contributed by atoms with Crippen LogP contribution < -0.4 is 11.1 Å². The molecule has 0 radical (unpaired) electrons. The van der Waals surface area contributed by atoms with E-state index in [-0.39, 0.29) is 36.4 Å². The van der Waals surface area contributed by atoms with Crippen LogP contribution in [-0.2, 0) is 4.79 Å². The summed E-state index contributed by atoms with van der Waals surface area (Å²) in [7, 11) is 0. The summed E-state index contributed by atoms with van der Waals surface area (Å²) in [5, 5.41) is 11.8. The van der Waals surface area contributed by atoms with Crippen LogP contribution in [0.4, 0.5) is 0 Å². The largest absolute Gasteiger partial charge is 0.396 e. The summed E-state index contributed by atoms with van der Waals surface area (Å²) in [6.45, 7) is 2.79. The van der Waals surface area contributed by atoms with E-state index in [0.29, 0.717) is 13.0 Å². The van der Waals surface area contributed by atoms with Crippen LogP contribution in [0.15, 0.2) is 0 Å². The standard InChI is InChI=1S/C14H28N2O2.ClH/c1-12(6-5-9-17)16-13(18)10-14(11-15)7-3-2-4-8-14;/h12,17H,2-11,15H2,1H3,(H,16,18);1H. The van der Waals surface area contributed by atoms with Crippen LogP contribution in [0, 0.1) is 5.41 Å². The summed E-state index contributed by atoms with van der Waals surface area (Å²) >= 11 is 0. The Hall–Kier alpha value is -0.320. The van der Waals surface area contributed by atoms with Crippen molar-refractivity contribution in [3.63, 3.8) is 0 Å². The lowest BCUT2D eigenvalue weighted by atomic mass is 9.71. The van der Waals surface area contributed by atoms with Crippen molar-refractivity contribution in [2.75, 3.05) is 13.2 Å².